The van der Waals surface area contributed by atoms with Crippen molar-refractivity contribution < 1.29 is 14.6 Å². The lowest BCUT2D eigenvalue weighted by Gasteiger charge is -2.36. The van der Waals surface area contributed by atoms with Gasteiger partial charge in [0.2, 0.25) is 0 Å². The van der Waals surface area contributed by atoms with E-state index in [9.17, 15) is 9.90 Å². The van der Waals surface area contributed by atoms with Crippen LogP contribution in [-0.2, 0) is 4.74 Å². The summed E-state index contributed by atoms with van der Waals surface area (Å²) in [5.41, 5.74) is -0.479. The van der Waals surface area contributed by atoms with Gasteiger partial charge in [-0.3, -0.25) is 0 Å². The van der Waals surface area contributed by atoms with Crippen molar-refractivity contribution in [2.45, 2.75) is 89.9 Å². The first-order valence-corrected chi connectivity index (χ1v) is 8.44. The molecular formula is C18H31NO3. The van der Waals surface area contributed by atoms with Crippen LogP contribution in [0.2, 0.25) is 0 Å². The number of aliphatic hydroxyl groups excluding tert-OH is 1. The lowest BCUT2D eigenvalue weighted by atomic mass is 9.92. The van der Waals surface area contributed by atoms with Gasteiger partial charge in [0.25, 0.3) is 0 Å². The molecule has 0 unspecified atom stereocenters. The number of aliphatic hydroxyl groups is 1. The van der Waals surface area contributed by atoms with E-state index >= 15 is 0 Å². The van der Waals surface area contributed by atoms with Crippen molar-refractivity contribution >= 4 is 6.09 Å². The van der Waals surface area contributed by atoms with E-state index in [-0.39, 0.29) is 18.2 Å². The van der Waals surface area contributed by atoms with E-state index in [2.05, 4.69) is 5.92 Å². The molecule has 0 heterocycles. The second-order valence-corrected chi connectivity index (χ2v) is 7.15. The molecular weight excluding hydrogens is 278 g/mol. The van der Waals surface area contributed by atoms with Gasteiger partial charge in [-0.15, -0.1) is 12.3 Å². The Balaban J connectivity index is 2.56. The second kappa shape index (κ2) is 9.05. The van der Waals surface area contributed by atoms with Crippen LogP contribution >= 0.6 is 0 Å². The number of unbranched alkanes of at least 4 members (excludes halogenated alkanes) is 3. The van der Waals surface area contributed by atoms with E-state index in [1.807, 2.05) is 25.7 Å². The highest BCUT2D eigenvalue weighted by molar-refractivity contribution is 5.68. The van der Waals surface area contributed by atoms with Crippen molar-refractivity contribution in [1.82, 2.24) is 4.90 Å². The van der Waals surface area contributed by atoms with Gasteiger partial charge >= 0.3 is 6.09 Å². The fourth-order valence-corrected chi connectivity index (χ4v) is 2.80. The highest BCUT2D eigenvalue weighted by Crippen LogP contribution is 2.25. The molecule has 0 spiro atoms. The summed E-state index contributed by atoms with van der Waals surface area (Å²) in [4.78, 5) is 14.3. The molecule has 4 nitrogen and oxygen atoms in total. The van der Waals surface area contributed by atoms with Gasteiger partial charge in [0.15, 0.2) is 0 Å². The molecule has 0 aromatic heterocycles. The molecule has 126 valence electrons. The number of carbonyl (C=O) groups is 1. The van der Waals surface area contributed by atoms with E-state index in [4.69, 9.17) is 11.2 Å². The van der Waals surface area contributed by atoms with E-state index in [1.165, 1.54) is 0 Å². The number of ether oxygens (including phenoxy) is 1. The van der Waals surface area contributed by atoms with E-state index < -0.39 is 5.60 Å². The van der Waals surface area contributed by atoms with Gasteiger partial charge < -0.3 is 14.7 Å². The van der Waals surface area contributed by atoms with E-state index in [1.54, 1.807) is 0 Å². The highest BCUT2D eigenvalue weighted by Gasteiger charge is 2.30. The molecule has 1 aliphatic rings. The van der Waals surface area contributed by atoms with Crippen LogP contribution in [0, 0.1) is 12.3 Å². The monoisotopic (exact) mass is 309 g/mol. The number of terminal acetylenes is 1. The molecule has 1 N–H and O–H groups in total. The van der Waals surface area contributed by atoms with Gasteiger partial charge in [-0.2, -0.15) is 0 Å². The Labute approximate surface area is 135 Å². The molecule has 1 rings (SSSR count). The predicted octanol–water partition coefficient (Wildman–Crippen LogP) is 3.72. The smallest absolute Gasteiger partial charge is 0.410 e. The summed E-state index contributed by atoms with van der Waals surface area (Å²) in [5, 5.41) is 9.65. The summed E-state index contributed by atoms with van der Waals surface area (Å²) in [6, 6.07) is 0.186. The van der Waals surface area contributed by atoms with Crippen LogP contribution in [0.3, 0.4) is 0 Å². The summed E-state index contributed by atoms with van der Waals surface area (Å²) < 4.78 is 5.55. The summed E-state index contributed by atoms with van der Waals surface area (Å²) >= 11 is 0. The Bertz CT molecular complexity index is 373. The minimum atomic E-state index is -0.479. The summed E-state index contributed by atoms with van der Waals surface area (Å²) in [6.07, 6.45) is 11.8. The zero-order valence-electron chi connectivity index (χ0n) is 14.3. The number of carbonyl (C=O) groups excluding carboxylic acids is 1. The van der Waals surface area contributed by atoms with E-state index in [0.29, 0.717) is 6.54 Å². The Hall–Kier alpha value is -1.21. The van der Waals surface area contributed by atoms with Gasteiger partial charge in [-0.1, -0.05) is 6.42 Å². The van der Waals surface area contributed by atoms with Gasteiger partial charge in [0.05, 0.1) is 6.10 Å². The molecule has 0 atom stereocenters. The summed E-state index contributed by atoms with van der Waals surface area (Å²) in [7, 11) is 0. The maximum atomic E-state index is 12.5. The third-order valence-corrected chi connectivity index (χ3v) is 3.96. The van der Waals surface area contributed by atoms with Crippen LogP contribution in [0.5, 0.6) is 0 Å². The molecule has 0 radical (unpaired) electrons. The number of amides is 1. The first-order chi connectivity index (χ1) is 10.3. The molecule has 4 heteroatoms. The largest absolute Gasteiger partial charge is 0.444 e. The summed E-state index contributed by atoms with van der Waals surface area (Å²) in [5.74, 6) is 2.64. The van der Waals surface area contributed by atoms with E-state index in [0.717, 1.165) is 51.4 Å². The molecule has 1 aliphatic carbocycles. The zero-order chi connectivity index (χ0) is 16.6. The lowest BCUT2D eigenvalue weighted by Crippen LogP contribution is -2.45. The fourth-order valence-electron chi connectivity index (χ4n) is 2.80. The Morgan fingerprint density at radius 3 is 2.41 bits per heavy atom. The third-order valence-electron chi connectivity index (χ3n) is 3.96. The van der Waals surface area contributed by atoms with Crippen molar-refractivity contribution in [3.8, 4) is 12.3 Å². The number of hydrogen-bond donors (Lipinski definition) is 1. The third kappa shape index (κ3) is 7.17. The van der Waals surface area contributed by atoms with Crippen molar-refractivity contribution in [2.24, 2.45) is 0 Å². The van der Waals surface area contributed by atoms with Crippen LogP contribution in [-0.4, -0.2) is 40.4 Å². The maximum absolute atomic E-state index is 12.5. The molecule has 1 fully saturated rings. The molecule has 0 saturated heterocycles. The molecule has 22 heavy (non-hydrogen) atoms. The van der Waals surface area contributed by atoms with Crippen LogP contribution in [0.1, 0.15) is 72.1 Å². The zero-order valence-corrected chi connectivity index (χ0v) is 14.3. The highest BCUT2D eigenvalue weighted by atomic mass is 16.6. The van der Waals surface area contributed by atoms with Gasteiger partial charge in [-0.25, -0.2) is 4.79 Å². The standard InChI is InChI=1S/C18H31NO3/c1-5-6-7-8-9-14-19(17(21)22-18(2,3)4)15-10-12-16(20)13-11-15/h1,15-16,20H,6-14H2,2-4H3/t15-,16+. The van der Waals surface area contributed by atoms with Crippen molar-refractivity contribution in [2.75, 3.05) is 6.54 Å². The molecule has 0 aromatic rings. The average Bonchev–Trinajstić information content (AvgIpc) is 2.42. The number of nitrogens with zero attached hydrogens (tertiary/aromatic N) is 1. The average molecular weight is 309 g/mol. The van der Waals surface area contributed by atoms with Crippen molar-refractivity contribution in [3.63, 3.8) is 0 Å². The topological polar surface area (TPSA) is 49.8 Å². The van der Waals surface area contributed by atoms with Gasteiger partial charge in [-0.05, 0) is 59.3 Å². The van der Waals surface area contributed by atoms with Crippen molar-refractivity contribution in [3.05, 3.63) is 0 Å². The maximum Gasteiger partial charge on any atom is 0.410 e. The van der Waals surface area contributed by atoms with Gasteiger partial charge in [0.1, 0.15) is 5.60 Å². The van der Waals surface area contributed by atoms with Crippen LogP contribution in [0.15, 0.2) is 0 Å². The predicted molar refractivity (Wildman–Crippen MR) is 88.5 cm³/mol. The minimum absolute atomic E-state index is 0.186. The normalized spacial score (nSPS) is 22.0. The lowest BCUT2D eigenvalue weighted by molar-refractivity contribution is 0.00467. The minimum Gasteiger partial charge on any atom is -0.444 e. The molecule has 0 bridgehead atoms. The molecule has 1 saturated carbocycles. The van der Waals surface area contributed by atoms with Crippen LogP contribution < -0.4 is 0 Å². The molecule has 0 aromatic carbocycles. The number of hydrogen-bond acceptors (Lipinski definition) is 3. The summed E-state index contributed by atoms with van der Waals surface area (Å²) in [6.45, 7) is 6.38. The van der Waals surface area contributed by atoms with Crippen molar-refractivity contribution in [1.29, 1.82) is 0 Å². The fraction of sp³-hybridized carbons (Fsp3) is 0.833. The van der Waals surface area contributed by atoms with Crippen LogP contribution in [0.25, 0.3) is 0 Å². The first kappa shape index (κ1) is 18.8. The SMILES string of the molecule is C#CCCCCCN(C(=O)OC(C)(C)C)[C@H]1CC[C@@H](O)CC1. The Kier molecular flexibility index (Phi) is 7.75. The van der Waals surface area contributed by atoms with Gasteiger partial charge in [0, 0.05) is 19.0 Å². The Morgan fingerprint density at radius 2 is 1.86 bits per heavy atom. The first-order valence-electron chi connectivity index (χ1n) is 8.44. The number of rotatable bonds is 6. The second-order valence-electron chi connectivity index (χ2n) is 7.15. The molecule has 1 amide bonds. The Morgan fingerprint density at radius 1 is 1.23 bits per heavy atom. The molecule has 0 aliphatic heterocycles. The van der Waals surface area contributed by atoms with Crippen LogP contribution in [0.4, 0.5) is 4.79 Å². The quantitative estimate of drug-likeness (QED) is 0.601.